The highest BCUT2D eigenvalue weighted by molar-refractivity contribution is 6.30. The molecular weight excluding hydrogens is 263 g/mol. The molecule has 1 saturated carbocycles. The van der Waals surface area contributed by atoms with Crippen LogP contribution in [0.3, 0.4) is 0 Å². The van der Waals surface area contributed by atoms with E-state index in [1.807, 2.05) is 6.07 Å². The lowest BCUT2D eigenvalue weighted by molar-refractivity contribution is 0.193. The van der Waals surface area contributed by atoms with E-state index in [4.69, 9.17) is 17.3 Å². The molecular formula is C15H22ClFN2. The maximum Gasteiger partial charge on any atom is 0.125 e. The van der Waals surface area contributed by atoms with Crippen molar-refractivity contribution in [2.75, 3.05) is 19.6 Å². The van der Waals surface area contributed by atoms with Crippen molar-refractivity contribution in [1.29, 1.82) is 0 Å². The molecule has 1 unspecified atom stereocenters. The van der Waals surface area contributed by atoms with Gasteiger partial charge in [-0.1, -0.05) is 18.5 Å². The van der Waals surface area contributed by atoms with Gasteiger partial charge in [0.15, 0.2) is 0 Å². The third-order valence-corrected chi connectivity index (χ3v) is 3.85. The molecule has 1 fully saturated rings. The SMILES string of the molecule is CCCN(CC1CC1)C(CN)c1cc(F)cc(Cl)c1. The minimum absolute atomic E-state index is 0.0637. The summed E-state index contributed by atoms with van der Waals surface area (Å²) in [5.74, 6) is 0.508. The zero-order valence-electron chi connectivity index (χ0n) is 11.4. The van der Waals surface area contributed by atoms with Crippen LogP contribution in [0, 0.1) is 11.7 Å². The third kappa shape index (κ3) is 4.16. The van der Waals surface area contributed by atoms with Crippen molar-refractivity contribution < 1.29 is 4.39 Å². The molecule has 1 atom stereocenters. The average molecular weight is 285 g/mol. The van der Waals surface area contributed by atoms with Gasteiger partial charge in [-0.25, -0.2) is 4.39 Å². The van der Waals surface area contributed by atoms with Crippen LogP contribution < -0.4 is 5.73 Å². The Kier molecular flexibility index (Phi) is 5.20. The van der Waals surface area contributed by atoms with Gasteiger partial charge in [0.2, 0.25) is 0 Å². The molecule has 19 heavy (non-hydrogen) atoms. The lowest BCUT2D eigenvalue weighted by Crippen LogP contribution is -2.36. The van der Waals surface area contributed by atoms with Gasteiger partial charge in [-0.15, -0.1) is 0 Å². The summed E-state index contributed by atoms with van der Waals surface area (Å²) in [4.78, 5) is 2.38. The molecule has 0 aliphatic heterocycles. The van der Waals surface area contributed by atoms with E-state index in [1.54, 1.807) is 6.07 Å². The zero-order chi connectivity index (χ0) is 13.8. The van der Waals surface area contributed by atoms with Gasteiger partial charge in [-0.3, -0.25) is 4.90 Å². The summed E-state index contributed by atoms with van der Waals surface area (Å²) in [7, 11) is 0. The first-order chi connectivity index (χ1) is 9.13. The van der Waals surface area contributed by atoms with E-state index in [9.17, 15) is 4.39 Å². The van der Waals surface area contributed by atoms with E-state index in [0.29, 0.717) is 11.6 Å². The molecule has 106 valence electrons. The van der Waals surface area contributed by atoms with Crippen LogP contribution in [0.4, 0.5) is 4.39 Å². The largest absolute Gasteiger partial charge is 0.329 e. The van der Waals surface area contributed by atoms with E-state index in [-0.39, 0.29) is 11.9 Å². The lowest BCUT2D eigenvalue weighted by atomic mass is 10.0. The van der Waals surface area contributed by atoms with Crippen LogP contribution in [0.15, 0.2) is 18.2 Å². The summed E-state index contributed by atoms with van der Waals surface area (Å²) in [6, 6.07) is 4.79. The molecule has 0 amide bonds. The second-order valence-electron chi connectivity index (χ2n) is 5.39. The zero-order valence-corrected chi connectivity index (χ0v) is 12.2. The summed E-state index contributed by atoms with van der Waals surface area (Å²) in [6.45, 7) is 4.70. The van der Waals surface area contributed by atoms with Crippen molar-refractivity contribution in [3.8, 4) is 0 Å². The van der Waals surface area contributed by atoms with Crippen LogP contribution in [0.2, 0.25) is 5.02 Å². The Morgan fingerprint density at radius 1 is 1.42 bits per heavy atom. The van der Waals surface area contributed by atoms with Crippen LogP contribution in [0.5, 0.6) is 0 Å². The molecule has 1 aromatic rings. The minimum Gasteiger partial charge on any atom is -0.329 e. The summed E-state index contributed by atoms with van der Waals surface area (Å²) < 4.78 is 13.5. The van der Waals surface area contributed by atoms with Crippen molar-refractivity contribution in [2.45, 2.75) is 32.2 Å². The molecule has 0 spiro atoms. The Hall–Kier alpha value is -0.640. The molecule has 2 N–H and O–H groups in total. The van der Waals surface area contributed by atoms with Crippen LogP contribution in [-0.4, -0.2) is 24.5 Å². The summed E-state index contributed by atoms with van der Waals surface area (Å²) in [5.41, 5.74) is 6.82. The maximum atomic E-state index is 13.5. The van der Waals surface area contributed by atoms with E-state index < -0.39 is 0 Å². The van der Waals surface area contributed by atoms with Gasteiger partial charge in [0.25, 0.3) is 0 Å². The second kappa shape index (κ2) is 6.69. The Balaban J connectivity index is 2.18. The van der Waals surface area contributed by atoms with Gasteiger partial charge in [0.1, 0.15) is 5.82 Å². The first-order valence-electron chi connectivity index (χ1n) is 7.04. The number of rotatable bonds is 7. The fourth-order valence-electron chi connectivity index (χ4n) is 2.56. The predicted molar refractivity (Wildman–Crippen MR) is 77.8 cm³/mol. The minimum atomic E-state index is -0.288. The molecule has 4 heteroatoms. The first kappa shape index (κ1) is 14.8. The number of hydrogen-bond acceptors (Lipinski definition) is 2. The van der Waals surface area contributed by atoms with Gasteiger partial charge >= 0.3 is 0 Å². The van der Waals surface area contributed by atoms with Crippen LogP contribution in [0.1, 0.15) is 37.8 Å². The number of benzene rings is 1. The van der Waals surface area contributed by atoms with Gasteiger partial charge in [0.05, 0.1) is 0 Å². The van der Waals surface area contributed by atoms with E-state index in [0.717, 1.165) is 31.0 Å². The van der Waals surface area contributed by atoms with Crippen molar-refractivity contribution in [2.24, 2.45) is 11.7 Å². The highest BCUT2D eigenvalue weighted by Gasteiger charge is 2.28. The molecule has 1 aromatic carbocycles. The predicted octanol–water partition coefficient (Wildman–Crippen LogP) is 3.60. The highest BCUT2D eigenvalue weighted by atomic mass is 35.5. The number of nitrogens with two attached hydrogens (primary N) is 1. The van der Waals surface area contributed by atoms with Crippen molar-refractivity contribution in [3.63, 3.8) is 0 Å². The van der Waals surface area contributed by atoms with Crippen LogP contribution in [0.25, 0.3) is 0 Å². The van der Waals surface area contributed by atoms with Crippen LogP contribution in [-0.2, 0) is 0 Å². The Bertz CT molecular complexity index is 400. The van der Waals surface area contributed by atoms with E-state index in [1.165, 1.54) is 18.9 Å². The number of nitrogens with zero attached hydrogens (tertiary/aromatic N) is 1. The van der Waals surface area contributed by atoms with E-state index >= 15 is 0 Å². The second-order valence-corrected chi connectivity index (χ2v) is 5.83. The number of halogens is 2. The van der Waals surface area contributed by atoms with Gasteiger partial charge in [-0.05, 0) is 55.5 Å². The standard InChI is InChI=1S/C15H22ClFN2/c1-2-5-19(10-11-3-4-11)15(9-18)12-6-13(16)8-14(17)7-12/h6-8,11,15H,2-5,9-10,18H2,1H3. The smallest absolute Gasteiger partial charge is 0.125 e. The summed E-state index contributed by atoms with van der Waals surface area (Å²) in [5, 5.41) is 0.441. The topological polar surface area (TPSA) is 29.3 Å². The fraction of sp³-hybridized carbons (Fsp3) is 0.600. The molecule has 2 rings (SSSR count). The fourth-order valence-corrected chi connectivity index (χ4v) is 2.79. The molecule has 0 bridgehead atoms. The lowest BCUT2D eigenvalue weighted by Gasteiger charge is -2.31. The molecule has 0 heterocycles. The number of hydrogen-bond donors (Lipinski definition) is 1. The normalized spacial score (nSPS) is 16.9. The first-order valence-corrected chi connectivity index (χ1v) is 7.42. The molecule has 0 saturated heterocycles. The Morgan fingerprint density at radius 2 is 2.16 bits per heavy atom. The van der Waals surface area contributed by atoms with Crippen molar-refractivity contribution in [3.05, 3.63) is 34.6 Å². The van der Waals surface area contributed by atoms with Gasteiger partial charge < -0.3 is 5.73 Å². The van der Waals surface area contributed by atoms with Crippen molar-refractivity contribution in [1.82, 2.24) is 4.90 Å². The van der Waals surface area contributed by atoms with Crippen molar-refractivity contribution >= 4 is 11.6 Å². The quantitative estimate of drug-likeness (QED) is 0.829. The molecule has 0 radical (unpaired) electrons. The summed E-state index contributed by atoms with van der Waals surface area (Å²) >= 11 is 5.95. The van der Waals surface area contributed by atoms with Gasteiger partial charge in [-0.2, -0.15) is 0 Å². The molecule has 0 aromatic heterocycles. The average Bonchev–Trinajstić information content (AvgIpc) is 3.13. The summed E-state index contributed by atoms with van der Waals surface area (Å²) in [6.07, 6.45) is 3.69. The molecule has 2 nitrogen and oxygen atoms in total. The molecule has 1 aliphatic carbocycles. The molecule has 1 aliphatic rings. The van der Waals surface area contributed by atoms with E-state index in [2.05, 4.69) is 11.8 Å². The van der Waals surface area contributed by atoms with Crippen LogP contribution >= 0.6 is 11.6 Å². The highest BCUT2D eigenvalue weighted by Crippen LogP contribution is 2.33. The third-order valence-electron chi connectivity index (χ3n) is 3.63. The Labute approximate surface area is 119 Å². The van der Waals surface area contributed by atoms with Gasteiger partial charge in [0, 0.05) is 24.2 Å². The Morgan fingerprint density at radius 3 is 2.68 bits per heavy atom. The monoisotopic (exact) mass is 284 g/mol. The maximum absolute atomic E-state index is 13.5.